The first-order valence-corrected chi connectivity index (χ1v) is 15.3. The van der Waals surface area contributed by atoms with Gasteiger partial charge in [-0.2, -0.15) is 0 Å². The quantitative estimate of drug-likeness (QED) is 0.441. The average molecular weight is 560 g/mol. The molecule has 9 heteroatoms. The van der Waals surface area contributed by atoms with E-state index in [-0.39, 0.29) is 0 Å². The molecule has 0 aliphatic carbocycles. The lowest BCUT2D eigenvalue weighted by molar-refractivity contribution is 0.0904. The Bertz CT molecular complexity index is 1340. The monoisotopic (exact) mass is 559 g/mol. The van der Waals surface area contributed by atoms with Gasteiger partial charge in [-0.1, -0.05) is 13.0 Å². The Morgan fingerprint density at radius 1 is 1.02 bits per heavy atom. The summed E-state index contributed by atoms with van der Waals surface area (Å²) in [4.78, 5) is 17.2. The fourth-order valence-electron chi connectivity index (χ4n) is 6.67. The number of benzene rings is 1. The van der Waals surface area contributed by atoms with Crippen LogP contribution in [-0.2, 0) is 11.2 Å². The van der Waals surface area contributed by atoms with Crippen LogP contribution in [0.25, 0.3) is 22.0 Å². The third kappa shape index (κ3) is 5.94. The highest BCUT2D eigenvalue weighted by molar-refractivity contribution is 6.01. The minimum atomic E-state index is 0.385. The molecule has 9 nitrogen and oxygen atoms in total. The van der Waals surface area contributed by atoms with Crippen molar-refractivity contribution in [2.24, 2.45) is 0 Å². The lowest BCUT2D eigenvalue weighted by Gasteiger charge is -2.42. The van der Waals surface area contributed by atoms with E-state index in [1.165, 1.54) is 39.0 Å². The highest BCUT2D eigenvalue weighted by Crippen LogP contribution is 2.39. The number of piperidine rings is 1. The average Bonchev–Trinajstić information content (AvgIpc) is 3.02. The van der Waals surface area contributed by atoms with Gasteiger partial charge in [-0.25, -0.2) is 9.97 Å². The number of hydrogen-bond donors (Lipinski definition) is 2. The van der Waals surface area contributed by atoms with Crippen LogP contribution in [0, 0.1) is 0 Å². The number of nitrogens with one attached hydrogen (secondary N) is 1. The number of rotatable bonds is 7. The second kappa shape index (κ2) is 12.4. The number of aryl methyl sites for hydroxylation is 1. The van der Waals surface area contributed by atoms with Gasteiger partial charge in [0, 0.05) is 81.7 Å². The van der Waals surface area contributed by atoms with Crippen molar-refractivity contribution in [2.45, 2.75) is 51.1 Å². The normalized spacial score (nSPS) is 20.0. The lowest BCUT2D eigenvalue weighted by Crippen LogP contribution is -2.52. The van der Waals surface area contributed by atoms with Crippen molar-refractivity contribution in [2.75, 3.05) is 82.6 Å². The number of likely N-dealkylation sites (N-methyl/N-ethyl adjacent to an activating group) is 1. The summed E-state index contributed by atoms with van der Waals surface area (Å²) in [5, 5.41) is 4.76. The van der Waals surface area contributed by atoms with Gasteiger partial charge in [-0.3, -0.25) is 4.90 Å². The molecule has 1 aromatic carbocycles. The molecule has 2 aromatic heterocycles. The third-order valence-electron chi connectivity index (χ3n) is 9.23. The molecule has 3 fully saturated rings. The molecule has 0 bridgehead atoms. The van der Waals surface area contributed by atoms with Gasteiger partial charge in [0.25, 0.3) is 0 Å². The van der Waals surface area contributed by atoms with Gasteiger partial charge in [0.1, 0.15) is 17.1 Å². The topological polar surface area (TPSA) is 92.0 Å². The van der Waals surface area contributed by atoms with E-state index < -0.39 is 0 Å². The molecule has 3 aromatic rings. The summed E-state index contributed by atoms with van der Waals surface area (Å²) in [6.07, 6.45) is 7.07. The van der Waals surface area contributed by atoms with Crippen molar-refractivity contribution in [3.05, 3.63) is 36.2 Å². The summed E-state index contributed by atoms with van der Waals surface area (Å²) in [6.45, 7) is 10.5. The van der Waals surface area contributed by atoms with E-state index in [1.807, 2.05) is 6.20 Å². The molecule has 0 spiro atoms. The minimum absolute atomic E-state index is 0.385. The van der Waals surface area contributed by atoms with Crippen LogP contribution in [0.3, 0.4) is 0 Å². The molecule has 3 saturated heterocycles. The Labute approximate surface area is 244 Å². The SMILES string of the molecule is CCc1nc2c(N)ncc(-c3ccc(N4CCC(N5CCN(C)CC5)CC4)c(OC)c3)c2cc1NC1CCOCC1. The van der Waals surface area contributed by atoms with E-state index in [4.69, 9.17) is 20.2 Å². The van der Waals surface area contributed by atoms with Crippen LogP contribution in [-0.4, -0.2) is 98.5 Å². The largest absolute Gasteiger partial charge is 0.495 e. The second-order valence-electron chi connectivity index (χ2n) is 11.8. The summed E-state index contributed by atoms with van der Waals surface area (Å²) in [5.41, 5.74) is 12.4. The van der Waals surface area contributed by atoms with Crippen molar-refractivity contribution >= 4 is 28.1 Å². The van der Waals surface area contributed by atoms with Gasteiger partial charge in [0.2, 0.25) is 0 Å². The zero-order valence-corrected chi connectivity index (χ0v) is 24.9. The summed E-state index contributed by atoms with van der Waals surface area (Å²) in [6, 6.07) is 9.83. The van der Waals surface area contributed by atoms with Crippen molar-refractivity contribution in [1.82, 2.24) is 19.8 Å². The molecule has 3 aliphatic rings. The fourth-order valence-corrected chi connectivity index (χ4v) is 6.67. The van der Waals surface area contributed by atoms with E-state index in [0.717, 1.165) is 90.4 Å². The molecule has 0 saturated carbocycles. The number of piperazine rings is 1. The molecule has 41 heavy (non-hydrogen) atoms. The molecule has 5 heterocycles. The number of nitrogen functional groups attached to an aromatic ring is 1. The number of aromatic nitrogens is 2. The maximum Gasteiger partial charge on any atom is 0.149 e. The van der Waals surface area contributed by atoms with Gasteiger partial charge in [0.05, 0.1) is 24.2 Å². The smallest absolute Gasteiger partial charge is 0.149 e. The van der Waals surface area contributed by atoms with Crippen LogP contribution < -0.4 is 20.7 Å². The number of nitrogens with zero attached hydrogens (tertiary/aromatic N) is 5. The van der Waals surface area contributed by atoms with Crippen LogP contribution in [0.15, 0.2) is 30.5 Å². The number of anilines is 3. The Kier molecular flexibility index (Phi) is 8.46. The molecule has 0 unspecified atom stereocenters. The van der Waals surface area contributed by atoms with Crippen LogP contribution in [0.2, 0.25) is 0 Å². The summed E-state index contributed by atoms with van der Waals surface area (Å²) in [7, 11) is 3.99. The number of nitrogens with two attached hydrogens (primary N) is 1. The summed E-state index contributed by atoms with van der Waals surface area (Å²) >= 11 is 0. The van der Waals surface area contributed by atoms with E-state index in [0.29, 0.717) is 17.9 Å². The van der Waals surface area contributed by atoms with Gasteiger partial charge in [-0.15, -0.1) is 0 Å². The lowest BCUT2D eigenvalue weighted by atomic mass is 9.98. The van der Waals surface area contributed by atoms with E-state index in [9.17, 15) is 0 Å². The molecule has 0 atom stereocenters. The van der Waals surface area contributed by atoms with Crippen molar-refractivity contribution < 1.29 is 9.47 Å². The second-order valence-corrected chi connectivity index (χ2v) is 11.8. The molecule has 220 valence electrons. The van der Waals surface area contributed by atoms with E-state index in [2.05, 4.69) is 63.2 Å². The van der Waals surface area contributed by atoms with Gasteiger partial charge >= 0.3 is 0 Å². The molecular weight excluding hydrogens is 514 g/mol. The molecule has 3 aliphatic heterocycles. The van der Waals surface area contributed by atoms with Crippen molar-refractivity contribution in [3.63, 3.8) is 0 Å². The Balaban J connectivity index is 1.26. The summed E-state index contributed by atoms with van der Waals surface area (Å²) in [5.74, 6) is 1.35. The van der Waals surface area contributed by atoms with Gasteiger partial charge < -0.3 is 30.3 Å². The molecular formula is C32H45N7O2. The van der Waals surface area contributed by atoms with E-state index in [1.54, 1.807) is 7.11 Å². The summed E-state index contributed by atoms with van der Waals surface area (Å²) < 4.78 is 11.5. The fraction of sp³-hybridized carbons (Fsp3) is 0.562. The number of ether oxygens (including phenoxy) is 2. The highest BCUT2D eigenvalue weighted by Gasteiger charge is 2.28. The van der Waals surface area contributed by atoms with Gasteiger partial charge in [-0.05, 0) is 62.9 Å². The number of fused-ring (bicyclic) bond motifs is 1. The predicted octanol–water partition coefficient (Wildman–Crippen LogP) is 4.26. The van der Waals surface area contributed by atoms with Crippen LogP contribution in [0.4, 0.5) is 17.2 Å². The van der Waals surface area contributed by atoms with Crippen molar-refractivity contribution in [3.8, 4) is 16.9 Å². The van der Waals surface area contributed by atoms with E-state index >= 15 is 0 Å². The molecule has 3 N–H and O–H groups in total. The maximum absolute atomic E-state index is 6.36. The number of pyridine rings is 2. The molecule has 0 radical (unpaired) electrons. The number of methoxy groups -OCH3 is 1. The third-order valence-corrected chi connectivity index (χ3v) is 9.23. The Morgan fingerprint density at radius 3 is 2.49 bits per heavy atom. The van der Waals surface area contributed by atoms with Crippen LogP contribution >= 0.6 is 0 Å². The first kappa shape index (κ1) is 28.0. The van der Waals surface area contributed by atoms with Crippen molar-refractivity contribution in [1.29, 1.82) is 0 Å². The zero-order valence-electron chi connectivity index (χ0n) is 24.9. The van der Waals surface area contributed by atoms with Gasteiger partial charge in [0.15, 0.2) is 0 Å². The maximum atomic E-state index is 6.36. The molecule has 0 amide bonds. The first-order valence-electron chi connectivity index (χ1n) is 15.3. The predicted molar refractivity (Wildman–Crippen MR) is 167 cm³/mol. The Morgan fingerprint density at radius 2 is 1.78 bits per heavy atom. The highest BCUT2D eigenvalue weighted by atomic mass is 16.5. The standard InChI is InChI=1S/C32H45N7O2/c1-4-27-28(35-23-9-17-41-18-10-23)20-25-26(21-34-32(33)31(25)36-27)22-5-6-29(30(19-22)40-3)39-11-7-24(8-12-39)38-15-13-37(2)14-16-38/h5-6,19-21,23-24,35H,4,7-18H2,1-3H3,(H2,33,34). The number of hydrogen-bond acceptors (Lipinski definition) is 9. The first-order chi connectivity index (χ1) is 20.0. The van der Waals surface area contributed by atoms with Crippen LogP contribution in [0.5, 0.6) is 5.75 Å². The van der Waals surface area contributed by atoms with Crippen LogP contribution in [0.1, 0.15) is 38.3 Å². The molecule has 6 rings (SSSR count). The Hall–Kier alpha value is -3.14. The minimum Gasteiger partial charge on any atom is -0.495 e. The zero-order chi connectivity index (χ0) is 28.3.